The molecule has 2 nitrogen and oxygen atoms in total. The van der Waals surface area contributed by atoms with Gasteiger partial charge in [-0.3, -0.25) is 0 Å². The van der Waals surface area contributed by atoms with Gasteiger partial charge in [-0.05, 0) is 40.4 Å². The van der Waals surface area contributed by atoms with Gasteiger partial charge >= 0.3 is 0 Å². The summed E-state index contributed by atoms with van der Waals surface area (Å²) >= 11 is 5.27. The first-order valence-corrected chi connectivity index (χ1v) is 6.30. The van der Waals surface area contributed by atoms with Crippen molar-refractivity contribution in [3.63, 3.8) is 0 Å². The van der Waals surface area contributed by atoms with Crippen molar-refractivity contribution >= 4 is 27.3 Å². The first kappa shape index (κ1) is 12.2. The molecule has 0 aliphatic rings. The fraction of sp³-hybridized carbons (Fsp3) is 0.600. The van der Waals surface area contributed by atoms with E-state index in [4.69, 9.17) is 5.11 Å². The average Bonchev–Trinajstić information content (AvgIpc) is 2.46. The van der Waals surface area contributed by atoms with Gasteiger partial charge in [0, 0.05) is 24.6 Å². The maximum absolute atomic E-state index is 8.84. The quantitative estimate of drug-likeness (QED) is 0.867. The Kier molecular flexibility index (Phi) is 5.09. The third kappa shape index (κ3) is 3.69. The molecule has 1 atom stereocenters. The maximum atomic E-state index is 8.84. The first-order valence-electron chi connectivity index (χ1n) is 4.70. The van der Waals surface area contributed by atoms with E-state index in [1.54, 1.807) is 11.3 Å². The smallest absolute Gasteiger partial charge is 0.0730 e. The van der Waals surface area contributed by atoms with E-state index < -0.39 is 0 Å². The van der Waals surface area contributed by atoms with Crippen molar-refractivity contribution in [2.24, 2.45) is 5.92 Å². The highest BCUT2D eigenvalue weighted by Gasteiger charge is 2.03. The zero-order valence-electron chi connectivity index (χ0n) is 8.51. The molecule has 4 heteroatoms. The molecular weight excluding hydrogens is 262 g/mol. The predicted molar refractivity (Wildman–Crippen MR) is 64.7 cm³/mol. The van der Waals surface area contributed by atoms with Crippen molar-refractivity contribution in [3.8, 4) is 0 Å². The van der Waals surface area contributed by atoms with E-state index in [1.165, 1.54) is 14.2 Å². The van der Waals surface area contributed by atoms with Crippen molar-refractivity contribution in [1.82, 2.24) is 5.32 Å². The van der Waals surface area contributed by atoms with Crippen LogP contribution in [0.3, 0.4) is 0 Å². The number of aryl methyl sites for hydroxylation is 1. The summed E-state index contributed by atoms with van der Waals surface area (Å²) in [7, 11) is 0. The third-order valence-corrected chi connectivity index (χ3v) is 4.15. The highest BCUT2D eigenvalue weighted by molar-refractivity contribution is 9.11. The normalized spacial score (nSPS) is 13.1. The van der Waals surface area contributed by atoms with Gasteiger partial charge in [0.05, 0.1) is 3.79 Å². The van der Waals surface area contributed by atoms with E-state index >= 15 is 0 Å². The van der Waals surface area contributed by atoms with Gasteiger partial charge in [-0.25, -0.2) is 0 Å². The summed E-state index contributed by atoms with van der Waals surface area (Å²) in [6, 6.07) is 2.19. The number of hydrogen-bond donors (Lipinski definition) is 2. The van der Waals surface area contributed by atoms with Gasteiger partial charge in [0.1, 0.15) is 0 Å². The van der Waals surface area contributed by atoms with Crippen molar-refractivity contribution < 1.29 is 5.11 Å². The molecule has 0 spiro atoms. The Bertz CT molecular complexity index is 268. The predicted octanol–water partition coefficient (Wildman–Crippen LogP) is 2.54. The van der Waals surface area contributed by atoms with E-state index in [1.807, 2.05) is 6.92 Å². The fourth-order valence-corrected chi connectivity index (χ4v) is 2.71. The molecule has 1 rings (SSSR count). The molecule has 0 aliphatic heterocycles. The van der Waals surface area contributed by atoms with Crippen LogP contribution < -0.4 is 5.32 Å². The van der Waals surface area contributed by atoms with Crippen molar-refractivity contribution in [1.29, 1.82) is 0 Å². The van der Waals surface area contributed by atoms with Crippen molar-refractivity contribution in [3.05, 3.63) is 20.3 Å². The van der Waals surface area contributed by atoms with Crippen molar-refractivity contribution in [2.45, 2.75) is 20.4 Å². The van der Waals surface area contributed by atoms with Crippen LogP contribution in [0.15, 0.2) is 9.85 Å². The van der Waals surface area contributed by atoms with E-state index in [0.29, 0.717) is 5.92 Å². The number of hydrogen-bond acceptors (Lipinski definition) is 3. The van der Waals surface area contributed by atoms with Crippen LogP contribution in [0.5, 0.6) is 0 Å². The van der Waals surface area contributed by atoms with E-state index in [-0.39, 0.29) is 6.61 Å². The molecule has 0 fully saturated rings. The zero-order valence-corrected chi connectivity index (χ0v) is 10.9. The Morgan fingerprint density at radius 1 is 1.64 bits per heavy atom. The molecule has 2 N–H and O–H groups in total. The summed E-state index contributed by atoms with van der Waals surface area (Å²) < 4.78 is 1.21. The van der Waals surface area contributed by atoms with Crippen LogP contribution in [-0.2, 0) is 6.54 Å². The largest absolute Gasteiger partial charge is 0.396 e. The number of rotatable bonds is 5. The molecule has 14 heavy (non-hydrogen) atoms. The molecule has 0 aliphatic carbocycles. The standard InChI is InChI=1S/C10H16BrNOS/c1-7(6-13)4-12-5-9-3-8(2)10(11)14-9/h3,7,12-13H,4-6H2,1-2H3. The number of halogens is 1. The molecule has 0 amide bonds. The second-order valence-electron chi connectivity index (χ2n) is 3.59. The summed E-state index contributed by atoms with van der Waals surface area (Å²) in [5, 5.41) is 12.2. The lowest BCUT2D eigenvalue weighted by Gasteiger charge is -2.07. The van der Waals surface area contributed by atoms with Crippen LogP contribution in [0.25, 0.3) is 0 Å². The molecule has 1 aromatic rings. The molecule has 80 valence electrons. The van der Waals surface area contributed by atoms with E-state index in [2.05, 4.69) is 34.2 Å². The lowest BCUT2D eigenvalue weighted by Crippen LogP contribution is -2.22. The second kappa shape index (κ2) is 5.85. The van der Waals surface area contributed by atoms with E-state index in [9.17, 15) is 0 Å². The average molecular weight is 278 g/mol. The molecule has 1 aromatic heterocycles. The Morgan fingerprint density at radius 2 is 2.36 bits per heavy atom. The first-order chi connectivity index (χ1) is 6.63. The van der Waals surface area contributed by atoms with Gasteiger partial charge in [0.2, 0.25) is 0 Å². The van der Waals surface area contributed by atoms with Gasteiger partial charge in [-0.15, -0.1) is 11.3 Å². The summed E-state index contributed by atoms with van der Waals surface area (Å²) in [6.45, 7) is 6.13. The third-order valence-electron chi connectivity index (χ3n) is 2.01. The second-order valence-corrected chi connectivity index (χ2v) is 6.04. The number of nitrogens with one attached hydrogen (secondary N) is 1. The fourth-order valence-electron chi connectivity index (χ4n) is 1.12. The minimum absolute atomic E-state index is 0.250. The summed E-state index contributed by atoms with van der Waals surface area (Å²) in [5.74, 6) is 0.333. The Labute approximate surface area is 97.5 Å². The maximum Gasteiger partial charge on any atom is 0.0730 e. The lowest BCUT2D eigenvalue weighted by atomic mass is 10.2. The highest BCUT2D eigenvalue weighted by Crippen LogP contribution is 2.27. The molecule has 0 saturated carbocycles. The Morgan fingerprint density at radius 3 is 2.86 bits per heavy atom. The molecule has 0 bridgehead atoms. The van der Waals surface area contributed by atoms with Gasteiger partial charge < -0.3 is 10.4 Å². The van der Waals surface area contributed by atoms with Crippen LogP contribution in [0.4, 0.5) is 0 Å². The molecule has 0 aromatic carbocycles. The van der Waals surface area contributed by atoms with Crippen LogP contribution in [-0.4, -0.2) is 18.3 Å². The van der Waals surface area contributed by atoms with Crippen LogP contribution in [0.1, 0.15) is 17.4 Å². The number of aliphatic hydroxyl groups excluding tert-OH is 1. The monoisotopic (exact) mass is 277 g/mol. The van der Waals surface area contributed by atoms with Crippen molar-refractivity contribution in [2.75, 3.05) is 13.2 Å². The minimum Gasteiger partial charge on any atom is -0.396 e. The Balaban J connectivity index is 2.31. The molecule has 1 unspecified atom stereocenters. The zero-order chi connectivity index (χ0) is 10.6. The minimum atomic E-state index is 0.250. The molecular formula is C10H16BrNOS. The number of thiophene rings is 1. The van der Waals surface area contributed by atoms with Crippen LogP contribution >= 0.6 is 27.3 Å². The van der Waals surface area contributed by atoms with Gasteiger partial charge in [-0.1, -0.05) is 6.92 Å². The lowest BCUT2D eigenvalue weighted by molar-refractivity contribution is 0.233. The summed E-state index contributed by atoms with van der Waals surface area (Å²) in [4.78, 5) is 1.33. The van der Waals surface area contributed by atoms with Gasteiger partial charge in [0.15, 0.2) is 0 Å². The summed E-state index contributed by atoms with van der Waals surface area (Å²) in [6.07, 6.45) is 0. The summed E-state index contributed by atoms with van der Waals surface area (Å²) in [5.41, 5.74) is 1.29. The van der Waals surface area contributed by atoms with Gasteiger partial charge in [-0.2, -0.15) is 0 Å². The topological polar surface area (TPSA) is 32.3 Å². The molecule has 0 saturated heterocycles. The number of aliphatic hydroxyl groups is 1. The van der Waals surface area contributed by atoms with E-state index in [0.717, 1.165) is 13.1 Å². The van der Waals surface area contributed by atoms with Crippen LogP contribution in [0, 0.1) is 12.8 Å². The van der Waals surface area contributed by atoms with Crippen LogP contribution in [0.2, 0.25) is 0 Å². The Hall–Kier alpha value is 0.100. The highest BCUT2D eigenvalue weighted by atomic mass is 79.9. The van der Waals surface area contributed by atoms with Gasteiger partial charge in [0.25, 0.3) is 0 Å². The molecule has 1 heterocycles. The molecule has 0 radical (unpaired) electrons. The SMILES string of the molecule is Cc1cc(CNCC(C)CO)sc1Br.